The second-order valence-electron chi connectivity index (χ2n) is 14.7. The Kier molecular flexibility index (Phi) is 8.39. The summed E-state index contributed by atoms with van der Waals surface area (Å²) < 4.78 is 6.89. The summed E-state index contributed by atoms with van der Waals surface area (Å²) in [6.07, 6.45) is 10.7. The molecule has 3 aliphatic heterocycles. The number of anilines is 3. The SMILES string of the molecule is C1=CC=C2CC(=C1)c1cccc3c1N2c1ccccc1C31c2ccccc2Oc2c1ccc1c2[nH]c2ccccc21.CN.Nc1ccccc1Cc1ccccc1. The number of hydrogen-bond donors (Lipinski definition) is 3. The van der Waals surface area contributed by atoms with E-state index in [0.29, 0.717) is 0 Å². The number of fused-ring (bicyclic) bond motifs is 16. The average molecular weight is 739 g/mol. The maximum Gasteiger partial charge on any atom is 0.156 e. The van der Waals surface area contributed by atoms with Crippen LogP contribution < -0.4 is 21.1 Å². The largest absolute Gasteiger partial charge is 0.454 e. The van der Waals surface area contributed by atoms with Gasteiger partial charge in [0.1, 0.15) is 5.75 Å². The van der Waals surface area contributed by atoms with Crippen molar-refractivity contribution in [3.8, 4) is 11.5 Å². The van der Waals surface area contributed by atoms with Gasteiger partial charge in [0, 0.05) is 50.8 Å². The van der Waals surface area contributed by atoms with Gasteiger partial charge in [0.2, 0.25) is 0 Å². The van der Waals surface area contributed by atoms with Crippen LogP contribution in [0.5, 0.6) is 11.5 Å². The number of hydrogen-bond acceptors (Lipinski definition) is 4. The lowest BCUT2D eigenvalue weighted by molar-refractivity contribution is 0.438. The van der Waals surface area contributed by atoms with Crippen LogP contribution in [0, 0.1) is 0 Å². The molecule has 1 aliphatic carbocycles. The number of para-hydroxylation sites is 5. The number of benzene rings is 7. The molecule has 7 aromatic carbocycles. The molecule has 0 saturated carbocycles. The van der Waals surface area contributed by atoms with Crippen LogP contribution in [0.4, 0.5) is 17.1 Å². The van der Waals surface area contributed by atoms with Crippen LogP contribution in [0.3, 0.4) is 0 Å². The molecule has 1 spiro atoms. The molecule has 0 fully saturated rings. The van der Waals surface area contributed by atoms with E-state index in [2.05, 4.69) is 173 Å². The molecule has 8 aromatic rings. The lowest BCUT2D eigenvalue weighted by Gasteiger charge is -2.51. The highest BCUT2D eigenvalue weighted by Crippen LogP contribution is 2.65. The number of ether oxygens (including phenoxy) is 1. The second kappa shape index (κ2) is 13.9. The normalized spacial score (nSPS) is 16.3. The Morgan fingerprint density at radius 2 is 1.35 bits per heavy atom. The molecule has 12 rings (SSSR count). The van der Waals surface area contributed by atoms with Crippen LogP contribution in [0.1, 0.15) is 45.4 Å². The Balaban J connectivity index is 0.000000210. The summed E-state index contributed by atoms with van der Waals surface area (Å²) in [5.74, 6) is 1.81. The molecule has 5 N–H and O–H groups in total. The van der Waals surface area contributed by atoms with E-state index in [1.807, 2.05) is 24.3 Å². The predicted octanol–water partition coefficient (Wildman–Crippen LogP) is 11.9. The number of nitrogens with zero attached hydrogens (tertiary/aromatic N) is 1. The van der Waals surface area contributed by atoms with Crippen LogP contribution in [-0.4, -0.2) is 12.0 Å². The first-order chi connectivity index (χ1) is 28.2. The molecule has 1 aromatic heterocycles. The van der Waals surface area contributed by atoms with Crippen molar-refractivity contribution in [3.05, 3.63) is 227 Å². The van der Waals surface area contributed by atoms with Gasteiger partial charge in [-0.05, 0) is 71.6 Å². The Morgan fingerprint density at radius 3 is 2.23 bits per heavy atom. The molecule has 0 radical (unpaired) electrons. The van der Waals surface area contributed by atoms with Crippen molar-refractivity contribution in [2.45, 2.75) is 18.3 Å². The first-order valence-electron chi connectivity index (χ1n) is 19.6. The van der Waals surface area contributed by atoms with E-state index in [1.165, 1.54) is 79.4 Å². The van der Waals surface area contributed by atoms with Gasteiger partial charge in [-0.2, -0.15) is 0 Å². The molecule has 276 valence electrons. The first-order valence-corrected chi connectivity index (χ1v) is 19.6. The van der Waals surface area contributed by atoms with E-state index in [4.69, 9.17) is 10.5 Å². The monoisotopic (exact) mass is 738 g/mol. The number of H-pyrrole nitrogens is 1. The third-order valence-corrected chi connectivity index (χ3v) is 11.7. The Labute approximate surface area is 332 Å². The van der Waals surface area contributed by atoms with E-state index in [1.54, 1.807) is 0 Å². The third kappa shape index (κ3) is 5.27. The molecule has 1 atom stereocenters. The first kappa shape index (κ1) is 34.4. The average Bonchev–Trinajstić information content (AvgIpc) is 3.53. The lowest BCUT2D eigenvalue weighted by Crippen LogP contribution is -2.41. The Hall–Kier alpha value is -7.08. The van der Waals surface area contributed by atoms with E-state index in [9.17, 15) is 0 Å². The topological polar surface area (TPSA) is 80.3 Å². The summed E-state index contributed by atoms with van der Waals surface area (Å²) in [6.45, 7) is 0. The zero-order chi connectivity index (χ0) is 38.5. The van der Waals surface area contributed by atoms with Gasteiger partial charge in [-0.1, -0.05) is 152 Å². The Morgan fingerprint density at radius 1 is 0.632 bits per heavy atom. The molecule has 2 bridgehead atoms. The lowest BCUT2D eigenvalue weighted by atomic mass is 9.60. The highest BCUT2D eigenvalue weighted by Gasteiger charge is 2.53. The minimum Gasteiger partial charge on any atom is -0.454 e. The number of aromatic nitrogens is 1. The molecular formula is C52H42N4O. The van der Waals surface area contributed by atoms with E-state index >= 15 is 0 Å². The quantitative estimate of drug-likeness (QED) is 0.154. The van der Waals surface area contributed by atoms with Crippen molar-refractivity contribution < 1.29 is 4.74 Å². The molecule has 4 heterocycles. The summed E-state index contributed by atoms with van der Waals surface area (Å²) in [6, 6.07) is 55.9. The second-order valence-corrected chi connectivity index (χ2v) is 14.7. The molecular weight excluding hydrogens is 697 g/mol. The van der Waals surface area contributed by atoms with Crippen LogP contribution in [0.25, 0.3) is 27.4 Å². The predicted molar refractivity (Wildman–Crippen MR) is 236 cm³/mol. The van der Waals surface area contributed by atoms with Gasteiger partial charge < -0.3 is 26.1 Å². The van der Waals surface area contributed by atoms with E-state index in [0.717, 1.165) is 41.1 Å². The van der Waals surface area contributed by atoms with Crippen molar-refractivity contribution in [2.75, 3.05) is 17.7 Å². The van der Waals surface area contributed by atoms with Crippen LogP contribution >= 0.6 is 0 Å². The van der Waals surface area contributed by atoms with Gasteiger partial charge in [-0.25, -0.2) is 0 Å². The van der Waals surface area contributed by atoms with Gasteiger partial charge in [0.15, 0.2) is 5.75 Å². The number of nitrogen functional groups attached to an aromatic ring is 1. The van der Waals surface area contributed by atoms with E-state index < -0.39 is 5.41 Å². The number of aromatic amines is 1. The molecule has 5 nitrogen and oxygen atoms in total. The maximum atomic E-state index is 6.89. The summed E-state index contributed by atoms with van der Waals surface area (Å²) in [7, 11) is 1.50. The molecule has 0 amide bonds. The van der Waals surface area contributed by atoms with Crippen molar-refractivity contribution in [3.63, 3.8) is 0 Å². The minimum absolute atomic E-state index is 0.552. The van der Waals surface area contributed by atoms with Crippen LogP contribution in [0.2, 0.25) is 0 Å². The van der Waals surface area contributed by atoms with Gasteiger partial charge in [-0.15, -0.1) is 0 Å². The van der Waals surface area contributed by atoms with Gasteiger partial charge >= 0.3 is 0 Å². The third-order valence-electron chi connectivity index (χ3n) is 11.7. The Bertz CT molecular complexity index is 2940. The van der Waals surface area contributed by atoms with Gasteiger partial charge in [0.25, 0.3) is 0 Å². The molecule has 0 saturated heterocycles. The highest BCUT2D eigenvalue weighted by molar-refractivity contribution is 6.10. The number of rotatable bonds is 2. The minimum atomic E-state index is -0.552. The van der Waals surface area contributed by atoms with Crippen LogP contribution in [-0.2, 0) is 11.8 Å². The number of allylic oxidation sites excluding steroid dienone is 5. The summed E-state index contributed by atoms with van der Waals surface area (Å²) in [4.78, 5) is 6.24. The molecule has 5 heteroatoms. The summed E-state index contributed by atoms with van der Waals surface area (Å²) in [5.41, 5.74) is 26.7. The highest BCUT2D eigenvalue weighted by atomic mass is 16.5. The smallest absolute Gasteiger partial charge is 0.156 e. The zero-order valence-electron chi connectivity index (χ0n) is 31.7. The van der Waals surface area contributed by atoms with E-state index in [-0.39, 0.29) is 0 Å². The van der Waals surface area contributed by atoms with Crippen molar-refractivity contribution in [1.82, 2.24) is 4.98 Å². The fourth-order valence-corrected chi connectivity index (χ4v) is 9.39. The fraction of sp³-hybridized carbons (Fsp3) is 0.0769. The van der Waals surface area contributed by atoms with Gasteiger partial charge in [-0.3, -0.25) is 0 Å². The van der Waals surface area contributed by atoms with Gasteiger partial charge in [0.05, 0.1) is 22.3 Å². The fourth-order valence-electron chi connectivity index (χ4n) is 9.39. The standard InChI is InChI=1S/C38H24N2O.C13H13N.CH5N/c1-2-11-24-22-23(10-1)25-13-9-16-30-36(25)40(24)33-18-7-4-14-28(33)38(30)29-15-5-8-19-34(29)41-37-31(38)21-20-27-26-12-3-6-17-32(26)39-35(27)37;14-13-9-5-4-8-12(13)10-11-6-2-1-3-7-11;1-2/h1-21,39H,22H2;1-9H,10,14H2;2H2,1H3. The summed E-state index contributed by atoms with van der Waals surface area (Å²) >= 11 is 0. The van der Waals surface area contributed by atoms with Crippen LogP contribution in [0.15, 0.2) is 188 Å². The van der Waals surface area contributed by atoms with Crippen molar-refractivity contribution in [1.29, 1.82) is 0 Å². The molecule has 57 heavy (non-hydrogen) atoms. The number of nitrogens with one attached hydrogen (secondary N) is 1. The van der Waals surface area contributed by atoms with Crippen molar-refractivity contribution >= 4 is 44.4 Å². The molecule has 1 unspecified atom stereocenters. The van der Waals surface area contributed by atoms with Crippen molar-refractivity contribution in [2.24, 2.45) is 5.73 Å². The zero-order valence-corrected chi connectivity index (χ0v) is 31.7. The maximum absolute atomic E-state index is 6.89. The molecule has 4 aliphatic rings. The number of nitrogens with two attached hydrogens (primary N) is 2. The summed E-state index contributed by atoms with van der Waals surface area (Å²) in [5, 5.41) is 2.40.